The molecule has 2 aromatic rings. The molecular weight excluding hydrogens is 308 g/mol. The van der Waals surface area contributed by atoms with Crippen LogP contribution in [0.4, 0.5) is 0 Å². The summed E-state index contributed by atoms with van der Waals surface area (Å²) < 4.78 is 16.7. The molecule has 5 heteroatoms. The molecule has 0 radical (unpaired) electrons. The topological polar surface area (TPSA) is 65.0 Å². The molecule has 2 rings (SSSR count). The molecule has 0 aromatic heterocycles. The molecule has 0 aliphatic rings. The van der Waals surface area contributed by atoms with Gasteiger partial charge >= 0.3 is 5.97 Å². The zero-order valence-corrected chi connectivity index (χ0v) is 14.4. The number of aryl methyl sites for hydroxylation is 2. The summed E-state index contributed by atoms with van der Waals surface area (Å²) in [5.74, 6) is 0.733. The lowest BCUT2D eigenvalue weighted by atomic mass is 10.1. The molecule has 128 valence electrons. The lowest BCUT2D eigenvalue weighted by molar-refractivity contribution is 0.0696. The van der Waals surface area contributed by atoms with Crippen LogP contribution in [-0.4, -0.2) is 31.4 Å². The maximum atomic E-state index is 11.1. The van der Waals surface area contributed by atoms with Crippen molar-refractivity contribution in [3.05, 3.63) is 52.6 Å². The molecule has 24 heavy (non-hydrogen) atoms. The highest BCUT2D eigenvalue weighted by molar-refractivity contribution is 5.88. The van der Waals surface area contributed by atoms with Crippen LogP contribution < -0.4 is 14.2 Å². The van der Waals surface area contributed by atoms with Crippen LogP contribution in [-0.2, 0) is 0 Å². The SMILES string of the molecule is COc1ccc(C(=O)O)cc1OCCOc1c(C)ccc(C)c1C. The fourth-order valence-corrected chi connectivity index (χ4v) is 2.37. The smallest absolute Gasteiger partial charge is 0.335 e. The Balaban J connectivity index is 2.01. The molecule has 0 heterocycles. The number of carbonyl (C=O) groups is 1. The van der Waals surface area contributed by atoms with E-state index in [2.05, 4.69) is 6.07 Å². The molecule has 2 aromatic carbocycles. The van der Waals surface area contributed by atoms with E-state index in [1.165, 1.54) is 24.8 Å². The Kier molecular flexibility index (Phi) is 5.68. The van der Waals surface area contributed by atoms with E-state index < -0.39 is 5.97 Å². The summed E-state index contributed by atoms with van der Waals surface area (Å²) in [6.07, 6.45) is 0. The molecule has 0 bridgehead atoms. The van der Waals surface area contributed by atoms with Crippen LogP contribution >= 0.6 is 0 Å². The summed E-state index contributed by atoms with van der Waals surface area (Å²) in [7, 11) is 1.51. The number of methoxy groups -OCH3 is 1. The summed E-state index contributed by atoms with van der Waals surface area (Å²) in [4.78, 5) is 11.1. The maximum Gasteiger partial charge on any atom is 0.335 e. The van der Waals surface area contributed by atoms with Gasteiger partial charge in [0.15, 0.2) is 11.5 Å². The Hall–Kier alpha value is -2.69. The Morgan fingerprint density at radius 3 is 2.29 bits per heavy atom. The lowest BCUT2D eigenvalue weighted by Gasteiger charge is -2.15. The van der Waals surface area contributed by atoms with Crippen molar-refractivity contribution >= 4 is 5.97 Å². The summed E-state index contributed by atoms with van der Waals surface area (Å²) in [6.45, 7) is 6.71. The van der Waals surface area contributed by atoms with E-state index in [1.54, 1.807) is 6.07 Å². The second kappa shape index (κ2) is 7.73. The highest BCUT2D eigenvalue weighted by Gasteiger charge is 2.11. The first-order valence-electron chi connectivity index (χ1n) is 7.67. The van der Waals surface area contributed by atoms with Crippen LogP contribution in [0.15, 0.2) is 30.3 Å². The Morgan fingerprint density at radius 2 is 1.62 bits per heavy atom. The third-order valence-electron chi connectivity index (χ3n) is 3.87. The highest BCUT2D eigenvalue weighted by atomic mass is 16.5. The number of hydrogen-bond donors (Lipinski definition) is 1. The van der Waals surface area contributed by atoms with E-state index in [1.807, 2.05) is 26.8 Å². The van der Waals surface area contributed by atoms with Crippen LogP contribution in [0.1, 0.15) is 27.0 Å². The van der Waals surface area contributed by atoms with E-state index in [9.17, 15) is 4.79 Å². The maximum absolute atomic E-state index is 11.1. The quantitative estimate of drug-likeness (QED) is 0.783. The lowest BCUT2D eigenvalue weighted by Crippen LogP contribution is -2.11. The van der Waals surface area contributed by atoms with Gasteiger partial charge in [-0.05, 0) is 55.7 Å². The van der Waals surface area contributed by atoms with Crippen LogP contribution in [0.25, 0.3) is 0 Å². The first kappa shape index (κ1) is 17.7. The number of carboxylic acid groups (broad SMARTS) is 1. The Bertz CT molecular complexity index is 737. The van der Waals surface area contributed by atoms with Crippen LogP contribution in [0.5, 0.6) is 17.2 Å². The van der Waals surface area contributed by atoms with E-state index >= 15 is 0 Å². The molecule has 0 aliphatic carbocycles. The molecule has 0 fully saturated rings. The zero-order valence-electron chi connectivity index (χ0n) is 14.4. The fourth-order valence-electron chi connectivity index (χ4n) is 2.37. The second-order valence-electron chi connectivity index (χ2n) is 5.52. The van der Waals surface area contributed by atoms with Gasteiger partial charge in [-0.25, -0.2) is 4.79 Å². The first-order chi connectivity index (χ1) is 11.4. The monoisotopic (exact) mass is 330 g/mol. The van der Waals surface area contributed by atoms with Gasteiger partial charge in [-0.2, -0.15) is 0 Å². The van der Waals surface area contributed by atoms with Crippen molar-refractivity contribution in [2.75, 3.05) is 20.3 Å². The number of carboxylic acids is 1. The average Bonchev–Trinajstić information content (AvgIpc) is 2.57. The molecule has 0 saturated heterocycles. The van der Waals surface area contributed by atoms with Crippen LogP contribution in [0.3, 0.4) is 0 Å². The minimum absolute atomic E-state index is 0.150. The molecule has 0 saturated carbocycles. The zero-order chi connectivity index (χ0) is 17.7. The van der Waals surface area contributed by atoms with Gasteiger partial charge < -0.3 is 19.3 Å². The second-order valence-corrected chi connectivity index (χ2v) is 5.52. The van der Waals surface area contributed by atoms with Crippen LogP contribution in [0.2, 0.25) is 0 Å². The molecule has 0 aliphatic heterocycles. The van der Waals surface area contributed by atoms with E-state index in [4.69, 9.17) is 19.3 Å². The van der Waals surface area contributed by atoms with Gasteiger partial charge in [-0.3, -0.25) is 0 Å². The standard InChI is InChI=1S/C19H22O5/c1-12-5-6-13(2)18(14(12)3)24-10-9-23-17-11-15(19(20)21)7-8-16(17)22-4/h5-8,11H,9-10H2,1-4H3,(H,20,21). The van der Waals surface area contributed by atoms with Crippen molar-refractivity contribution in [2.24, 2.45) is 0 Å². The van der Waals surface area contributed by atoms with Crippen molar-refractivity contribution in [1.82, 2.24) is 0 Å². The molecule has 0 amide bonds. The van der Waals surface area contributed by atoms with Crippen molar-refractivity contribution in [2.45, 2.75) is 20.8 Å². The third kappa shape index (κ3) is 3.98. The van der Waals surface area contributed by atoms with E-state index in [0.717, 1.165) is 16.9 Å². The Labute approximate surface area is 141 Å². The van der Waals surface area contributed by atoms with Crippen molar-refractivity contribution in [3.63, 3.8) is 0 Å². The number of hydrogen-bond acceptors (Lipinski definition) is 4. The summed E-state index contributed by atoms with van der Waals surface area (Å²) >= 11 is 0. The highest BCUT2D eigenvalue weighted by Crippen LogP contribution is 2.29. The molecule has 0 atom stereocenters. The molecule has 0 unspecified atom stereocenters. The summed E-state index contributed by atoms with van der Waals surface area (Å²) in [5.41, 5.74) is 3.51. The normalized spacial score (nSPS) is 10.3. The van der Waals surface area contributed by atoms with Gasteiger partial charge in [0.25, 0.3) is 0 Å². The molecular formula is C19H22O5. The third-order valence-corrected chi connectivity index (χ3v) is 3.87. The molecule has 1 N–H and O–H groups in total. The number of rotatable bonds is 7. The number of benzene rings is 2. The van der Waals surface area contributed by atoms with E-state index in [-0.39, 0.29) is 12.2 Å². The van der Waals surface area contributed by atoms with Gasteiger partial charge in [0.2, 0.25) is 0 Å². The summed E-state index contributed by atoms with van der Waals surface area (Å²) in [6, 6.07) is 8.59. The minimum Gasteiger partial charge on any atom is -0.493 e. The summed E-state index contributed by atoms with van der Waals surface area (Å²) in [5, 5.41) is 9.06. The first-order valence-corrected chi connectivity index (χ1v) is 7.67. The van der Waals surface area contributed by atoms with Gasteiger partial charge in [-0.15, -0.1) is 0 Å². The fraction of sp³-hybridized carbons (Fsp3) is 0.316. The van der Waals surface area contributed by atoms with Crippen molar-refractivity contribution in [1.29, 1.82) is 0 Å². The molecule has 5 nitrogen and oxygen atoms in total. The largest absolute Gasteiger partial charge is 0.493 e. The van der Waals surface area contributed by atoms with Gasteiger partial charge in [0.05, 0.1) is 12.7 Å². The van der Waals surface area contributed by atoms with Crippen molar-refractivity contribution < 1.29 is 24.1 Å². The number of aromatic carboxylic acids is 1. The predicted octanol–water partition coefficient (Wildman–Crippen LogP) is 3.78. The predicted molar refractivity (Wildman–Crippen MR) is 91.6 cm³/mol. The average molecular weight is 330 g/mol. The van der Waals surface area contributed by atoms with Crippen molar-refractivity contribution in [3.8, 4) is 17.2 Å². The molecule has 0 spiro atoms. The Morgan fingerprint density at radius 1 is 0.958 bits per heavy atom. The van der Waals surface area contributed by atoms with Crippen LogP contribution in [0, 0.1) is 20.8 Å². The van der Waals surface area contributed by atoms with Gasteiger partial charge in [-0.1, -0.05) is 12.1 Å². The minimum atomic E-state index is -1.01. The van der Waals surface area contributed by atoms with E-state index in [0.29, 0.717) is 18.1 Å². The number of ether oxygens (including phenoxy) is 3. The van der Waals surface area contributed by atoms with Gasteiger partial charge in [0.1, 0.15) is 19.0 Å². The van der Waals surface area contributed by atoms with Gasteiger partial charge in [0, 0.05) is 0 Å².